The summed E-state index contributed by atoms with van der Waals surface area (Å²) in [5.74, 6) is 0.371. The number of hydrogen-bond donors (Lipinski definition) is 1. The lowest BCUT2D eigenvalue weighted by molar-refractivity contribution is 0.227. The van der Waals surface area contributed by atoms with Gasteiger partial charge in [0.05, 0.1) is 4.90 Å². The average Bonchev–Trinajstić information content (AvgIpc) is 2.93. The number of rotatable bonds is 3. The molecule has 1 aromatic rings. The van der Waals surface area contributed by atoms with Gasteiger partial charge in [-0.05, 0) is 55.6 Å². The molecule has 0 spiro atoms. The number of sulfonamides is 1. The summed E-state index contributed by atoms with van der Waals surface area (Å²) in [6.07, 6.45) is 4.37. The second kappa shape index (κ2) is 5.33. The summed E-state index contributed by atoms with van der Waals surface area (Å²) in [4.78, 5) is 2.73. The van der Waals surface area contributed by atoms with Crippen LogP contribution in [0.15, 0.2) is 34.3 Å². The molecule has 0 heterocycles. The Bertz CT molecular complexity index is 735. The highest BCUT2D eigenvalue weighted by atomic mass is 32.2. The van der Waals surface area contributed by atoms with Crippen LogP contribution in [0.4, 0.5) is 0 Å². The highest BCUT2D eigenvalue weighted by molar-refractivity contribution is 7.89. The molecule has 2 aliphatic carbocycles. The van der Waals surface area contributed by atoms with E-state index < -0.39 is 10.0 Å². The molecule has 0 aliphatic heterocycles. The van der Waals surface area contributed by atoms with Crippen LogP contribution in [-0.2, 0) is 10.0 Å². The van der Waals surface area contributed by atoms with Gasteiger partial charge in [-0.2, -0.15) is 13.5 Å². The molecule has 0 amide bonds. The van der Waals surface area contributed by atoms with Gasteiger partial charge >= 0.3 is 0 Å². The van der Waals surface area contributed by atoms with E-state index in [-0.39, 0.29) is 15.7 Å². The fraction of sp³-hybridized carbons (Fsp3) is 0.611. The number of nitrogens with one attached hydrogen (secondary N) is 1. The fourth-order valence-electron chi connectivity index (χ4n) is 4.53. The number of benzene rings is 1. The van der Waals surface area contributed by atoms with Gasteiger partial charge in [-0.1, -0.05) is 38.5 Å². The molecule has 2 aliphatic rings. The van der Waals surface area contributed by atoms with Crippen LogP contribution in [0.5, 0.6) is 0 Å². The average molecular weight is 334 g/mol. The number of hydrazone groups is 1. The Morgan fingerprint density at radius 3 is 2.39 bits per heavy atom. The van der Waals surface area contributed by atoms with Crippen LogP contribution in [-0.4, -0.2) is 14.1 Å². The summed E-state index contributed by atoms with van der Waals surface area (Å²) in [5.41, 5.74) is 2.53. The van der Waals surface area contributed by atoms with Crippen LogP contribution < -0.4 is 4.83 Å². The molecule has 0 bridgehead atoms. The van der Waals surface area contributed by atoms with E-state index >= 15 is 0 Å². The van der Waals surface area contributed by atoms with Crippen LogP contribution in [0.25, 0.3) is 0 Å². The third kappa shape index (κ3) is 2.91. The summed E-state index contributed by atoms with van der Waals surface area (Å²) in [6.45, 7) is 8.81. The molecule has 5 heteroatoms. The topological polar surface area (TPSA) is 58.5 Å². The third-order valence-corrected chi connectivity index (χ3v) is 6.97. The maximum absolute atomic E-state index is 12.4. The van der Waals surface area contributed by atoms with Gasteiger partial charge in [-0.3, -0.25) is 0 Å². The summed E-state index contributed by atoms with van der Waals surface area (Å²) in [6, 6.07) is 6.84. The molecule has 4 nitrogen and oxygen atoms in total. The molecule has 0 saturated heterocycles. The first-order chi connectivity index (χ1) is 10.6. The van der Waals surface area contributed by atoms with Crippen molar-refractivity contribution in [3.63, 3.8) is 0 Å². The van der Waals surface area contributed by atoms with Gasteiger partial charge in [0.1, 0.15) is 0 Å². The molecule has 0 aromatic heterocycles. The lowest BCUT2D eigenvalue weighted by atomic mass is 9.73. The number of nitrogens with zero attached hydrogens (tertiary/aromatic N) is 1. The first-order valence-electron chi connectivity index (χ1n) is 8.29. The van der Waals surface area contributed by atoms with Gasteiger partial charge in [0.15, 0.2) is 0 Å². The third-order valence-electron chi connectivity index (χ3n) is 5.75. The van der Waals surface area contributed by atoms with Crippen molar-refractivity contribution in [1.29, 1.82) is 0 Å². The molecular formula is C18H26N2O2S. The smallest absolute Gasteiger partial charge is 0.200 e. The molecule has 3 rings (SSSR count). The lowest BCUT2D eigenvalue weighted by Gasteiger charge is -2.31. The van der Waals surface area contributed by atoms with Gasteiger partial charge in [0.25, 0.3) is 10.0 Å². The van der Waals surface area contributed by atoms with E-state index in [4.69, 9.17) is 0 Å². The summed E-state index contributed by atoms with van der Waals surface area (Å²) >= 11 is 0. The molecule has 2 saturated carbocycles. The highest BCUT2D eigenvalue weighted by Crippen LogP contribution is 2.60. The van der Waals surface area contributed by atoms with E-state index in [1.807, 2.05) is 6.92 Å². The molecular weight excluding hydrogens is 308 g/mol. The zero-order valence-electron chi connectivity index (χ0n) is 14.4. The number of hydrogen-bond acceptors (Lipinski definition) is 3. The predicted molar refractivity (Wildman–Crippen MR) is 92.8 cm³/mol. The van der Waals surface area contributed by atoms with Gasteiger partial charge < -0.3 is 0 Å². The predicted octanol–water partition coefficient (Wildman–Crippen LogP) is 3.87. The lowest BCUT2D eigenvalue weighted by Crippen LogP contribution is -2.31. The van der Waals surface area contributed by atoms with Crippen LogP contribution in [0, 0.1) is 23.7 Å². The number of aryl methyl sites for hydroxylation is 1. The minimum atomic E-state index is -3.59. The Labute approximate surface area is 139 Å². The minimum absolute atomic E-state index is 0.194. The molecule has 126 valence electrons. The largest absolute Gasteiger partial charge is 0.276 e. The quantitative estimate of drug-likeness (QED) is 0.853. The Balaban J connectivity index is 1.84. The van der Waals surface area contributed by atoms with Crippen molar-refractivity contribution in [1.82, 2.24) is 4.83 Å². The molecule has 0 radical (unpaired) electrons. The van der Waals surface area contributed by atoms with Crippen molar-refractivity contribution in [3.05, 3.63) is 29.8 Å². The highest BCUT2D eigenvalue weighted by Gasteiger charge is 2.55. The van der Waals surface area contributed by atoms with Gasteiger partial charge in [-0.25, -0.2) is 4.83 Å². The molecule has 2 atom stereocenters. The first kappa shape index (κ1) is 16.5. The molecule has 1 aromatic carbocycles. The molecule has 23 heavy (non-hydrogen) atoms. The van der Waals surface area contributed by atoms with Crippen molar-refractivity contribution >= 4 is 15.7 Å². The van der Waals surface area contributed by atoms with Crippen molar-refractivity contribution in [2.75, 3.05) is 0 Å². The van der Waals surface area contributed by atoms with Crippen LogP contribution in [0.3, 0.4) is 0 Å². The van der Waals surface area contributed by atoms with Crippen molar-refractivity contribution < 1.29 is 8.42 Å². The Morgan fingerprint density at radius 1 is 1.09 bits per heavy atom. The van der Waals surface area contributed by atoms with E-state index in [1.165, 1.54) is 12.8 Å². The minimum Gasteiger partial charge on any atom is -0.200 e. The summed E-state index contributed by atoms with van der Waals surface area (Å²) < 4.78 is 24.8. The maximum Gasteiger partial charge on any atom is 0.276 e. The van der Waals surface area contributed by atoms with Gasteiger partial charge in [-0.15, -0.1) is 0 Å². The standard InChI is InChI=1S/C18H26N2O2S/c1-13-5-7-14(8-6-13)23(21,22)20-19-15-9-10-18(4)12-11-17(2,3)16(15)18/h5-8,16,20H,9-12H2,1-4H3/b19-15-/t16-,18+/m0/s1. The van der Waals surface area contributed by atoms with Crippen LogP contribution in [0.2, 0.25) is 0 Å². The molecule has 0 unspecified atom stereocenters. The first-order valence-corrected chi connectivity index (χ1v) is 9.77. The maximum atomic E-state index is 12.4. The van der Waals surface area contributed by atoms with Crippen LogP contribution in [0.1, 0.15) is 52.0 Å². The Kier molecular flexibility index (Phi) is 3.82. The van der Waals surface area contributed by atoms with Crippen molar-refractivity contribution in [3.8, 4) is 0 Å². The second-order valence-electron chi connectivity index (χ2n) is 8.09. The van der Waals surface area contributed by atoms with E-state index in [9.17, 15) is 8.42 Å². The van der Waals surface area contributed by atoms with Gasteiger partial charge in [0, 0.05) is 11.6 Å². The molecule has 1 N–H and O–H groups in total. The Morgan fingerprint density at radius 2 is 1.74 bits per heavy atom. The fourth-order valence-corrected chi connectivity index (χ4v) is 5.37. The van der Waals surface area contributed by atoms with Crippen molar-refractivity contribution in [2.24, 2.45) is 21.8 Å². The SMILES string of the molecule is Cc1ccc(S(=O)(=O)N/N=C2/CC[C@]3(C)CCC(C)(C)[C@H]23)cc1. The molecule has 2 fully saturated rings. The zero-order valence-corrected chi connectivity index (χ0v) is 15.2. The number of fused-ring (bicyclic) bond motifs is 1. The van der Waals surface area contributed by atoms with E-state index in [0.29, 0.717) is 5.92 Å². The van der Waals surface area contributed by atoms with E-state index in [1.54, 1.807) is 24.3 Å². The van der Waals surface area contributed by atoms with Gasteiger partial charge in [0.2, 0.25) is 0 Å². The van der Waals surface area contributed by atoms with Crippen molar-refractivity contribution in [2.45, 2.75) is 58.3 Å². The van der Waals surface area contributed by atoms with E-state index in [0.717, 1.165) is 24.1 Å². The summed E-state index contributed by atoms with van der Waals surface area (Å²) in [7, 11) is -3.59. The monoisotopic (exact) mass is 334 g/mol. The van der Waals surface area contributed by atoms with Crippen LogP contribution >= 0.6 is 0 Å². The van der Waals surface area contributed by atoms with E-state index in [2.05, 4.69) is 30.7 Å². The second-order valence-corrected chi connectivity index (χ2v) is 9.75. The normalized spacial score (nSPS) is 31.3. The zero-order chi connectivity index (χ0) is 16.9. The summed E-state index contributed by atoms with van der Waals surface area (Å²) in [5, 5.41) is 4.36. The Hall–Kier alpha value is -1.36.